The highest BCUT2D eigenvalue weighted by Crippen LogP contribution is 2.10. The maximum absolute atomic E-state index is 3.08. The zero-order valence-electron chi connectivity index (χ0n) is 6.48. The predicted octanol–water partition coefficient (Wildman–Crippen LogP) is 2.19. The van der Waals surface area contributed by atoms with Crippen LogP contribution >= 0.6 is 9.39 Å². The Bertz CT molecular complexity index is 52.9. The van der Waals surface area contributed by atoms with Crippen molar-refractivity contribution in [3.63, 3.8) is 0 Å². The molecule has 1 N–H and O–H groups in total. The Kier molecular flexibility index (Phi) is 6.79. The van der Waals surface area contributed by atoms with Gasteiger partial charge >= 0.3 is 0 Å². The molecule has 0 heterocycles. The van der Waals surface area contributed by atoms with Crippen LogP contribution in [0.1, 0.15) is 33.1 Å². The molecule has 0 aliphatic rings. The summed E-state index contributed by atoms with van der Waals surface area (Å²) < 4.78 is 0. The van der Waals surface area contributed by atoms with Gasteiger partial charge in [0.1, 0.15) is 0 Å². The van der Waals surface area contributed by atoms with E-state index in [4.69, 9.17) is 0 Å². The molecule has 0 bridgehead atoms. The first-order chi connectivity index (χ1) is 4.35. The SMILES string of the molecule is CCC(CC)CCNP. The summed E-state index contributed by atoms with van der Waals surface area (Å²) in [5.41, 5.74) is 0. The van der Waals surface area contributed by atoms with Crippen molar-refractivity contribution in [2.45, 2.75) is 33.1 Å². The second-order valence-electron chi connectivity index (χ2n) is 2.43. The number of hydrogen-bond donors (Lipinski definition) is 1. The first-order valence-electron chi connectivity index (χ1n) is 3.78. The Morgan fingerprint density at radius 1 is 1.33 bits per heavy atom. The molecule has 0 rings (SSSR count). The lowest BCUT2D eigenvalue weighted by Crippen LogP contribution is -2.07. The van der Waals surface area contributed by atoms with Crippen molar-refractivity contribution in [1.82, 2.24) is 5.09 Å². The lowest BCUT2D eigenvalue weighted by molar-refractivity contribution is 0.457. The smallest absolute Gasteiger partial charge is 0.00118 e. The van der Waals surface area contributed by atoms with Crippen LogP contribution in [-0.2, 0) is 0 Å². The molecule has 2 heteroatoms. The molecule has 56 valence electrons. The second-order valence-corrected chi connectivity index (χ2v) is 2.83. The van der Waals surface area contributed by atoms with Gasteiger partial charge in [0, 0.05) is 0 Å². The van der Waals surface area contributed by atoms with E-state index in [0.717, 1.165) is 12.5 Å². The van der Waals surface area contributed by atoms with Gasteiger partial charge in [-0.1, -0.05) is 36.1 Å². The van der Waals surface area contributed by atoms with E-state index in [2.05, 4.69) is 28.3 Å². The molecule has 0 radical (unpaired) electrons. The van der Waals surface area contributed by atoms with Gasteiger partial charge in [-0.15, -0.1) is 0 Å². The van der Waals surface area contributed by atoms with E-state index in [0.29, 0.717) is 0 Å². The third-order valence-corrected chi connectivity index (χ3v) is 2.14. The normalized spacial score (nSPS) is 10.7. The Balaban J connectivity index is 3.09. The molecule has 0 aliphatic carbocycles. The van der Waals surface area contributed by atoms with E-state index in [9.17, 15) is 0 Å². The Labute approximate surface area is 60.9 Å². The van der Waals surface area contributed by atoms with Crippen molar-refractivity contribution in [3.8, 4) is 0 Å². The monoisotopic (exact) mass is 147 g/mol. The van der Waals surface area contributed by atoms with Gasteiger partial charge in [0.05, 0.1) is 0 Å². The fourth-order valence-corrected chi connectivity index (χ4v) is 1.15. The maximum Gasteiger partial charge on any atom is -0.00118 e. The molecule has 1 unspecified atom stereocenters. The summed E-state index contributed by atoms with van der Waals surface area (Å²) in [6.07, 6.45) is 3.96. The van der Waals surface area contributed by atoms with Gasteiger partial charge < -0.3 is 5.09 Å². The molecule has 0 aromatic carbocycles. The second kappa shape index (κ2) is 6.51. The topological polar surface area (TPSA) is 12.0 Å². The molecule has 1 nitrogen and oxygen atoms in total. The summed E-state index contributed by atoms with van der Waals surface area (Å²) in [5, 5.41) is 3.08. The lowest BCUT2D eigenvalue weighted by Gasteiger charge is -2.10. The molecule has 0 saturated heterocycles. The van der Waals surface area contributed by atoms with Crippen LogP contribution in [0.15, 0.2) is 0 Å². The molecule has 0 saturated carbocycles. The molecule has 9 heavy (non-hydrogen) atoms. The Hall–Kier alpha value is 0.390. The molecule has 0 amide bonds. The summed E-state index contributed by atoms with van der Waals surface area (Å²) >= 11 is 0. The van der Waals surface area contributed by atoms with E-state index in [1.54, 1.807) is 0 Å². The predicted molar refractivity (Wildman–Crippen MR) is 46.4 cm³/mol. The summed E-state index contributed by atoms with van der Waals surface area (Å²) in [5.74, 6) is 0.929. The van der Waals surface area contributed by atoms with Crippen LogP contribution in [-0.4, -0.2) is 6.54 Å². The van der Waals surface area contributed by atoms with Crippen molar-refractivity contribution in [1.29, 1.82) is 0 Å². The van der Waals surface area contributed by atoms with E-state index in [1.807, 2.05) is 0 Å². The first-order valence-corrected chi connectivity index (χ1v) is 4.36. The Morgan fingerprint density at radius 3 is 2.22 bits per heavy atom. The minimum atomic E-state index is 0.929. The number of nitrogens with one attached hydrogen (secondary N) is 1. The largest absolute Gasteiger partial charge is 0.301 e. The lowest BCUT2D eigenvalue weighted by atomic mass is 10.00. The highest BCUT2D eigenvalue weighted by Gasteiger charge is 2.00. The van der Waals surface area contributed by atoms with E-state index in [-0.39, 0.29) is 0 Å². The van der Waals surface area contributed by atoms with Crippen LogP contribution in [0.5, 0.6) is 0 Å². The quantitative estimate of drug-likeness (QED) is 0.588. The molecule has 0 aliphatic heterocycles. The van der Waals surface area contributed by atoms with Crippen LogP contribution in [0.2, 0.25) is 0 Å². The molecule has 1 atom stereocenters. The van der Waals surface area contributed by atoms with E-state index in [1.165, 1.54) is 19.3 Å². The average Bonchev–Trinajstić information content (AvgIpc) is 1.91. The van der Waals surface area contributed by atoms with E-state index < -0.39 is 0 Å². The average molecular weight is 147 g/mol. The summed E-state index contributed by atoms with van der Waals surface area (Å²) in [6.45, 7) is 5.66. The minimum absolute atomic E-state index is 0.929. The van der Waals surface area contributed by atoms with Crippen LogP contribution in [0.25, 0.3) is 0 Å². The van der Waals surface area contributed by atoms with Crippen molar-refractivity contribution in [2.24, 2.45) is 5.92 Å². The molecule has 0 aromatic rings. The van der Waals surface area contributed by atoms with Crippen molar-refractivity contribution >= 4 is 9.39 Å². The molecular weight excluding hydrogens is 129 g/mol. The summed E-state index contributed by atoms with van der Waals surface area (Å²) in [4.78, 5) is 0. The standard InChI is InChI=1S/C7H18NP/c1-3-7(4-2)5-6-8-9/h7-8H,3-6,9H2,1-2H3. The van der Waals surface area contributed by atoms with Gasteiger partial charge in [0.2, 0.25) is 0 Å². The maximum atomic E-state index is 3.08. The van der Waals surface area contributed by atoms with Crippen LogP contribution < -0.4 is 5.09 Å². The Morgan fingerprint density at radius 2 is 1.89 bits per heavy atom. The molecular formula is C7H18NP. The third kappa shape index (κ3) is 4.87. The van der Waals surface area contributed by atoms with Crippen LogP contribution in [0.4, 0.5) is 0 Å². The van der Waals surface area contributed by atoms with Gasteiger partial charge in [0.25, 0.3) is 0 Å². The fourth-order valence-electron chi connectivity index (χ4n) is 0.984. The highest BCUT2D eigenvalue weighted by atomic mass is 31.0. The van der Waals surface area contributed by atoms with Crippen molar-refractivity contribution in [2.75, 3.05) is 6.54 Å². The van der Waals surface area contributed by atoms with Gasteiger partial charge in [-0.3, -0.25) is 0 Å². The molecule has 0 spiro atoms. The molecule has 0 fully saturated rings. The van der Waals surface area contributed by atoms with E-state index >= 15 is 0 Å². The fraction of sp³-hybridized carbons (Fsp3) is 1.00. The third-order valence-electron chi connectivity index (χ3n) is 1.85. The van der Waals surface area contributed by atoms with Gasteiger partial charge in [-0.2, -0.15) is 0 Å². The first kappa shape index (κ1) is 9.39. The van der Waals surface area contributed by atoms with Gasteiger partial charge in [0.15, 0.2) is 0 Å². The van der Waals surface area contributed by atoms with Gasteiger partial charge in [-0.05, 0) is 18.9 Å². The zero-order valence-corrected chi connectivity index (χ0v) is 7.64. The number of rotatable bonds is 5. The summed E-state index contributed by atoms with van der Waals surface area (Å²) in [6, 6.07) is 0. The van der Waals surface area contributed by atoms with Crippen LogP contribution in [0, 0.1) is 5.92 Å². The zero-order chi connectivity index (χ0) is 7.11. The van der Waals surface area contributed by atoms with Crippen molar-refractivity contribution in [3.05, 3.63) is 0 Å². The van der Waals surface area contributed by atoms with Gasteiger partial charge in [-0.25, -0.2) is 0 Å². The minimum Gasteiger partial charge on any atom is -0.301 e. The highest BCUT2D eigenvalue weighted by molar-refractivity contribution is 7.13. The molecule has 0 aromatic heterocycles. The van der Waals surface area contributed by atoms with Crippen molar-refractivity contribution < 1.29 is 0 Å². The summed E-state index contributed by atoms with van der Waals surface area (Å²) in [7, 11) is 2.54. The number of hydrogen-bond acceptors (Lipinski definition) is 1. The van der Waals surface area contributed by atoms with Crippen LogP contribution in [0.3, 0.4) is 0 Å².